The quantitative estimate of drug-likeness (QED) is 0.361. The van der Waals surface area contributed by atoms with Crippen molar-refractivity contribution in [1.29, 1.82) is 0 Å². The molecule has 0 spiro atoms. The van der Waals surface area contributed by atoms with Crippen LogP contribution in [0.4, 0.5) is 11.5 Å². The lowest BCUT2D eigenvalue weighted by Gasteiger charge is -2.38. The van der Waals surface area contributed by atoms with E-state index in [9.17, 15) is 4.79 Å². The molecule has 0 saturated carbocycles. The van der Waals surface area contributed by atoms with Crippen LogP contribution in [0.25, 0.3) is 11.1 Å². The summed E-state index contributed by atoms with van der Waals surface area (Å²) >= 11 is 1.50. The third-order valence-corrected chi connectivity index (χ3v) is 8.53. The van der Waals surface area contributed by atoms with Crippen molar-refractivity contribution in [1.82, 2.24) is 19.9 Å². The summed E-state index contributed by atoms with van der Waals surface area (Å²) in [7, 11) is 0. The molecule has 2 N–H and O–H groups in total. The molecule has 9 nitrogen and oxygen atoms in total. The van der Waals surface area contributed by atoms with Crippen LogP contribution in [0.2, 0.25) is 0 Å². The van der Waals surface area contributed by atoms with E-state index < -0.39 is 0 Å². The number of anilines is 2. The molecule has 0 unspecified atom stereocenters. The number of nitrogens with zero attached hydrogens (tertiary/aromatic N) is 4. The minimum absolute atomic E-state index is 0.165. The SMILES string of the molecule is O=C(Nc1cccc(CNc2ncc(-c3ccncc3)c3c2CCO3)c1)c1nc2c(s1)CN(C1COC1)CC2. The molecule has 1 amide bonds. The van der Waals surface area contributed by atoms with Gasteiger partial charge in [0.2, 0.25) is 0 Å². The molecule has 10 heteroatoms. The normalized spacial score (nSPS) is 16.6. The molecule has 1 aromatic carbocycles. The second kappa shape index (κ2) is 10.4. The molecule has 4 aromatic rings. The molecule has 3 aromatic heterocycles. The molecule has 0 atom stereocenters. The standard InChI is InChI=1S/C29H28N6O3S/c36-28(29-34-24-6-10-35(15-25(24)39-29)21-16-37-17-21)33-20-3-1-2-18(12-20)13-31-27-22-7-11-38-26(22)23(14-32-27)19-4-8-30-9-5-19/h1-5,8-9,12,14,21H,6-7,10-11,13,15-17H2,(H,31,32)(H,33,36). The third-order valence-electron chi connectivity index (χ3n) is 7.45. The molecule has 7 rings (SSSR count). The van der Waals surface area contributed by atoms with E-state index in [-0.39, 0.29) is 5.91 Å². The van der Waals surface area contributed by atoms with E-state index in [1.54, 1.807) is 12.4 Å². The first-order valence-corrected chi connectivity index (χ1v) is 14.0. The van der Waals surface area contributed by atoms with Crippen LogP contribution < -0.4 is 15.4 Å². The van der Waals surface area contributed by atoms with E-state index in [0.717, 1.165) is 84.3 Å². The molecule has 198 valence electrons. The van der Waals surface area contributed by atoms with Crippen molar-refractivity contribution in [2.24, 2.45) is 0 Å². The monoisotopic (exact) mass is 540 g/mol. The predicted molar refractivity (Wildman–Crippen MR) is 149 cm³/mol. The molecule has 39 heavy (non-hydrogen) atoms. The van der Waals surface area contributed by atoms with Crippen molar-refractivity contribution in [3.63, 3.8) is 0 Å². The number of amides is 1. The van der Waals surface area contributed by atoms with Gasteiger partial charge in [0.15, 0.2) is 5.01 Å². The van der Waals surface area contributed by atoms with E-state index >= 15 is 0 Å². The Labute approximate surface area is 230 Å². The van der Waals surface area contributed by atoms with Gasteiger partial charge >= 0.3 is 0 Å². The fourth-order valence-electron chi connectivity index (χ4n) is 5.26. The second-order valence-corrected chi connectivity index (χ2v) is 11.1. The molecule has 1 saturated heterocycles. The number of nitrogens with one attached hydrogen (secondary N) is 2. The van der Waals surface area contributed by atoms with Crippen molar-refractivity contribution in [3.05, 3.63) is 81.7 Å². The zero-order valence-corrected chi connectivity index (χ0v) is 22.2. The topological polar surface area (TPSA) is 102 Å². The van der Waals surface area contributed by atoms with Crippen LogP contribution in [-0.4, -0.2) is 58.2 Å². The number of carbonyl (C=O) groups excluding carboxylic acids is 1. The molecule has 0 aliphatic carbocycles. The highest BCUT2D eigenvalue weighted by Gasteiger charge is 2.31. The number of pyridine rings is 2. The van der Waals surface area contributed by atoms with Gasteiger partial charge < -0.3 is 20.1 Å². The van der Waals surface area contributed by atoms with Crippen LogP contribution in [0.1, 0.15) is 31.5 Å². The Kier molecular flexibility index (Phi) is 6.43. The van der Waals surface area contributed by atoms with Gasteiger partial charge in [0.25, 0.3) is 5.91 Å². The summed E-state index contributed by atoms with van der Waals surface area (Å²) in [5.41, 5.74) is 5.95. The van der Waals surface area contributed by atoms with Crippen LogP contribution in [0.3, 0.4) is 0 Å². The van der Waals surface area contributed by atoms with Gasteiger partial charge in [0, 0.05) is 72.8 Å². The fourth-order valence-corrected chi connectivity index (χ4v) is 6.29. The number of aromatic nitrogens is 3. The van der Waals surface area contributed by atoms with Gasteiger partial charge in [0.05, 0.1) is 31.6 Å². The number of ether oxygens (including phenoxy) is 2. The molecule has 1 fully saturated rings. The number of carbonyl (C=O) groups is 1. The van der Waals surface area contributed by atoms with Crippen molar-refractivity contribution in [2.45, 2.75) is 32.0 Å². The van der Waals surface area contributed by atoms with E-state index in [1.165, 1.54) is 16.2 Å². The van der Waals surface area contributed by atoms with Crippen LogP contribution in [0.5, 0.6) is 5.75 Å². The maximum Gasteiger partial charge on any atom is 0.284 e. The molecule has 6 heterocycles. The van der Waals surface area contributed by atoms with Gasteiger partial charge in [0.1, 0.15) is 11.6 Å². The third kappa shape index (κ3) is 4.87. The van der Waals surface area contributed by atoms with Crippen molar-refractivity contribution < 1.29 is 14.3 Å². The van der Waals surface area contributed by atoms with Crippen molar-refractivity contribution in [3.8, 4) is 16.9 Å². The molecule has 3 aliphatic rings. The summed E-state index contributed by atoms with van der Waals surface area (Å²) in [6.07, 6.45) is 7.09. The van der Waals surface area contributed by atoms with Crippen LogP contribution >= 0.6 is 11.3 Å². The number of thiazole rings is 1. The average Bonchev–Trinajstić information content (AvgIpc) is 3.59. The zero-order chi connectivity index (χ0) is 26.2. The number of hydrogen-bond acceptors (Lipinski definition) is 9. The number of rotatable bonds is 7. The fraction of sp³-hybridized carbons (Fsp3) is 0.310. The smallest absolute Gasteiger partial charge is 0.284 e. The highest BCUT2D eigenvalue weighted by Crippen LogP contribution is 2.39. The Morgan fingerprint density at radius 2 is 2.05 bits per heavy atom. The van der Waals surface area contributed by atoms with E-state index in [1.807, 2.05) is 42.6 Å². The van der Waals surface area contributed by atoms with Crippen molar-refractivity contribution in [2.75, 3.05) is 37.0 Å². The molecular formula is C29H28N6O3S. The first-order valence-electron chi connectivity index (χ1n) is 13.2. The average molecular weight is 541 g/mol. The Morgan fingerprint density at radius 3 is 2.90 bits per heavy atom. The number of fused-ring (bicyclic) bond motifs is 2. The first-order chi connectivity index (χ1) is 19.2. The Bertz CT molecular complexity index is 1520. The molecule has 0 bridgehead atoms. The van der Waals surface area contributed by atoms with Crippen LogP contribution in [0.15, 0.2) is 55.0 Å². The van der Waals surface area contributed by atoms with Gasteiger partial charge in [-0.05, 0) is 35.4 Å². The summed E-state index contributed by atoms with van der Waals surface area (Å²) in [4.78, 5) is 30.1. The van der Waals surface area contributed by atoms with Gasteiger partial charge in [-0.25, -0.2) is 9.97 Å². The first kappa shape index (κ1) is 24.2. The summed E-state index contributed by atoms with van der Waals surface area (Å²) in [5, 5.41) is 7.02. The summed E-state index contributed by atoms with van der Waals surface area (Å²) in [6, 6.07) is 12.3. The van der Waals surface area contributed by atoms with Gasteiger partial charge in [-0.15, -0.1) is 11.3 Å². The Hall–Kier alpha value is -3.86. The largest absolute Gasteiger partial charge is 0.492 e. The summed E-state index contributed by atoms with van der Waals surface area (Å²) in [5.74, 6) is 1.54. The highest BCUT2D eigenvalue weighted by atomic mass is 32.1. The maximum absolute atomic E-state index is 13.0. The van der Waals surface area contributed by atoms with Gasteiger partial charge in [-0.2, -0.15) is 0 Å². The minimum Gasteiger partial charge on any atom is -0.492 e. The highest BCUT2D eigenvalue weighted by molar-refractivity contribution is 7.13. The molecule has 0 radical (unpaired) electrons. The number of benzene rings is 1. The maximum atomic E-state index is 13.0. The number of hydrogen-bond donors (Lipinski definition) is 2. The second-order valence-electron chi connectivity index (χ2n) is 9.97. The summed E-state index contributed by atoms with van der Waals surface area (Å²) in [6.45, 7) is 4.64. The lowest BCUT2D eigenvalue weighted by Crippen LogP contribution is -2.50. The van der Waals surface area contributed by atoms with Crippen LogP contribution in [-0.2, 0) is 30.7 Å². The van der Waals surface area contributed by atoms with E-state index in [2.05, 4.69) is 25.5 Å². The predicted octanol–water partition coefficient (Wildman–Crippen LogP) is 4.16. The minimum atomic E-state index is -0.165. The molecule has 3 aliphatic heterocycles. The lowest BCUT2D eigenvalue weighted by atomic mass is 10.0. The lowest BCUT2D eigenvalue weighted by molar-refractivity contribution is -0.0692. The van der Waals surface area contributed by atoms with E-state index in [0.29, 0.717) is 24.2 Å². The Balaban J connectivity index is 1.02. The summed E-state index contributed by atoms with van der Waals surface area (Å²) < 4.78 is 11.3. The van der Waals surface area contributed by atoms with Gasteiger partial charge in [-0.1, -0.05) is 12.1 Å². The van der Waals surface area contributed by atoms with Crippen LogP contribution in [0, 0.1) is 0 Å². The van der Waals surface area contributed by atoms with Crippen molar-refractivity contribution >= 4 is 28.7 Å². The molecular weight excluding hydrogens is 512 g/mol. The Morgan fingerprint density at radius 1 is 1.15 bits per heavy atom. The van der Waals surface area contributed by atoms with Gasteiger partial charge in [-0.3, -0.25) is 14.7 Å². The zero-order valence-electron chi connectivity index (χ0n) is 21.4. The van der Waals surface area contributed by atoms with E-state index in [4.69, 9.17) is 14.5 Å².